The first kappa shape index (κ1) is 20.6. The van der Waals surface area contributed by atoms with Crippen LogP contribution in [0.2, 0.25) is 5.02 Å². The zero-order valence-corrected chi connectivity index (χ0v) is 16.5. The molecule has 0 aromatic heterocycles. The number of halogens is 1. The molecule has 0 radical (unpaired) electrons. The van der Waals surface area contributed by atoms with Crippen LogP contribution in [0.5, 0.6) is 0 Å². The summed E-state index contributed by atoms with van der Waals surface area (Å²) in [6.07, 6.45) is 18.0. The lowest BCUT2D eigenvalue weighted by Crippen LogP contribution is -1.94. The van der Waals surface area contributed by atoms with Gasteiger partial charge in [-0.2, -0.15) is 0 Å². The maximum Gasteiger partial charge on any atom is 0.0440 e. The lowest BCUT2D eigenvalue weighted by Gasteiger charge is -2.11. The number of benzene rings is 1. The molecule has 132 valence electrons. The Balaban J connectivity index is 1.99. The van der Waals surface area contributed by atoms with Crippen LogP contribution in [0.4, 0.5) is 0 Å². The van der Waals surface area contributed by atoms with E-state index in [1.165, 1.54) is 93.7 Å². The number of hydrogen-bond donors (Lipinski definition) is 0. The van der Waals surface area contributed by atoms with Crippen molar-refractivity contribution in [3.8, 4) is 0 Å². The summed E-state index contributed by atoms with van der Waals surface area (Å²) >= 11 is 6.34. The van der Waals surface area contributed by atoms with Crippen molar-refractivity contribution in [3.05, 3.63) is 33.8 Å². The molecule has 0 atom stereocenters. The molecule has 23 heavy (non-hydrogen) atoms. The third-order valence-corrected chi connectivity index (χ3v) is 5.45. The van der Waals surface area contributed by atoms with Crippen LogP contribution in [0.25, 0.3) is 0 Å². The first-order valence-electron chi connectivity index (χ1n) is 9.91. The summed E-state index contributed by atoms with van der Waals surface area (Å²) in [5, 5.41) is 0.955. The number of hydrogen-bond acceptors (Lipinski definition) is 0. The maximum atomic E-state index is 6.34. The molecule has 0 N–H and O–H groups in total. The minimum absolute atomic E-state index is 0.955. The Morgan fingerprint density at radius 2 is 1.17 bits per heavy atom. The van der Waals surface area contributed by atoms with Crippen LogP contribution in [0.3, 0.4) is 0 Å². The summed E-state index contributed by atoms with van der Waals surface area (Å²) in [5.74, 6) is 0. The van der Waals surface area contributed by atoms with Crippen LogP contribution < -0.4 is 0 Å². The van der Waals surface area contributed by atoms with E-state index in [2.05, 4.69) is 32.9 Å². The molecule has 0 spiro atoms. The quantitative estimate of drug-likeness (QED) is 0.318. The molecule has 0 amide bonds. The number of rotatable bonds is 13. The predicted octanol–water partition coefficient (Wildman–Crippen LogP) is 8.20. The highest BCUT2D eigenvalue weighted by atomic mass is 35.5. The molecular formula is C22H37Cl. The second kappa shape index (κ2) is 12.9. The predicted molar refractivity (Wildman–Crippen MR) is 106 cm³/mol. The van der Waals surface area contributed by atoms with Gasteiger partial charge in [0.2, 0.25) is 0 Å². The van der Waals surface area contributed by atoms with Gasteiger partial charge >= 0.3 is 0 Å². The Hall–Kier alpha value is -0.490. The van der Waals surface area contributed by atoms with E-state index in [9.17, 15) is 0 Å². The van der Waals surface area contributed by atoms with E-state index < -0.39 is 0 Å². The standard InChI is InChI=1S/C22H37Cl/c1-4-5-6-7-8-9-10-11-12-13-14-15-16-21-20(3)19(2)17-18-22(21)23/h17-18H,4-16H2,1-3H3. The minimum atomic E-state index is 0.955. The van der Waals surface area contributed by atoms with Gasteiger partial charge in [0, 0.05) is 5.02 Å². The number of aryl methyl sites for hydroxylation is 1. The SMILES string of the molecule is CCCCCCCCCCCCCCc1c(Cl)ccc(C)c1C. The van der Waals surface area contributed by atoms with Crippen molar-refractivity contribution in [2.75, 3.05) is 0 Å². The third kappa shape index (κ3) is 8.80. The Morgan fingerprint density at radius 3 is 1.70 bits per heavy atom. The summed E-state index contributed by atoms with van der Waals surface area (Å²) in [7, 11) is 0. The van der Waals surface area contributed by atoms with Crippen molar-refractivity contribution in [1.82, 2.24) is 0 Å². The lowest BCUT2D eigenvalue weighted by molar-refractivity contribution is 0.544. The van der Waals surface area contributed by atoms with Crippen LogP contribution in [-0.2, 0) is 6.42 Å². The van der Waals surface area contributed by atoms with Gasteiger partial charge in [-0.15, -0.1) is 0 Å². The van der Waals surface area contributed by atoms with Gasteiger partial charge in [-0.3, -0.25) is 0 Å². The summed E-state index contributed by atoms with van der Waals surface area (Å²) in [6.45, 7) is 6.67. The molecular weight excluding hydrogens is 300 g/mol. The molecule has 0 heterocycles. The van der Waals surface area contributed by atoms with E-state index >= 15 is 0 Å². The molecule has 0 unspecified atom stereocenters. The largest absolute Gasteiger partial charge is 0.0840 e. The van der Waals surface area contributed by atoms with Crippen LogP contribution in [0.1, 0.15) is 101 Å². The first-order valence-corrected chi connectivity index (χ1v) is 10.3. The molecule has 0 fully saturated rings. The van der Waals surface area contributed by atoms with Gasteiger partial charge < -0.3 is 0 Å². The van der Waals surface area contributed by atoms with E-state index in [0.29, 0.717) is 0 Å². The number of unbranched alkanes of at least 4 members (excludes halogenated alkanes) is 11. The zero-order chi connectivity index (χ0) is 16.9. The fourth-order valence-electron chi connectivity index (χ4n) is 3.29. The van der Waals surface area contributed by atoms with E-state index in [0.717, 1.165) is 11.4 Å². The molecule has 0 bridgehead atoms. The lowest BCUT2D eigenvalue weighted by atomic mass is 9.98. The smallest absolute Gasteiger partial charge is 0.0440 e. The van der Waals surface area contributed by atoms with Gasteiger partial charge in [0.15, 0.2) is 0 Å². The topological polar surface area (TPSA) is 0 Å². The van der Waals surface area contributed by atoms with Crippen molar-refractivity contribution in [2.45, 2.75) is 104 Å². The van der Waals surface area contributed by atoms with E-state index in [4.69, 9.17) is 11.6 Å². The van der Waals surface area contributed by atoms with Crippen molar-refractivity contribution < 1.29 is 0 Å². The summed E-state index contributed by atoms with van der Waals surface area (Å²) in [4.78, 5) is 0. The molecule has 1 aromatic rings. The van der Waals surface area contributed by atoms with Gasteiger partial charge in [-0.05, 0) is 49.4 Å². The Kier molecular flexibility index (Phi) is 11.5. The molecule has 1 rings (SSSR count). The maximum absolute atomic E-state index is 6.34. The average molecular weight is 337 g/mol. The summed E-state index contributed by atoms with van der Waals surface area (Å²) < 4.78 is 0. The van der Waals surface area contributed by atoms with Crippen LogP contribution in [0, 0.1) is 13.8 Å². The third-order valence-electron chi connectivity index (χ3n) is 5.09. The van der Waals surface area contributed by atoms with Gasteiger partial charge in [-0.25, -0.2) is 0 Å². The average Bonchev–Trinajstić information content (AvgIpc) is 2.55. The van der Waals surface area contributed by atoms with Gasteiger partial charge in [0.05, 0.1) is 0 Å². The molecule has 0 aliphatic heterocycles. The Morgan fingerprint density at radius 1 is 0.696 bits per heavy atom. The fraction of sp³-hybridized carbons (Fsp3) is 0.727. The van der Waals surface area contributed by atoms with E-state index in [1.807, 2.05) is 0 Å². The molecule has 0 nitrogen and oxygen atoms in total. The second-order valence-electron chi connectivity index (χ2n) is 7.11. The summed E-state index contributed by atoms with van der Waals surface area (Å²) in [5.41, 5.74) is 4.13. The van der Waals surface area contributed by atoms with Gasteiger partial charge in [-0.1, -0.05) is 95.2 Å². The van der Waals surface area contributed by atoms with Crippen molar-refractivity contribution in [3.63, 3.8) is 0 Å². The highest BCUT2D eigenvalue weighted by molar-refractivity contribution is 6.31. The van der Waals surface area contributed by atoms with Crippen LogP contribution >= 0.6 is 11.6 Å². The fourth-order valence-corrected chi connectivity index (χ4v) is 3.59. The van der Waals surface area contributed by atoms with Crippen molar-refractivity contribution in [2.24, 2.45) is 0 Å². The minimum Gasteiger partial charge on any atom is -0.0840 e. The van der Waals surface area contributed by atoms with E-state index in [-0.39, 0.29) is 0 Å². The monoisotopic (exact) mass is 336 g/mol. The van der Waals surface area contributed by atoms with Crippen molar-refractivity contribution >= 4 is 11.6 Å². The first-order chi connectivity index (χ1) is 11.2. The Labute approximate surface area is 150 Å². The van der Waals surface area contributed by atoms with Gasteiger partial charge in [0.25, 0.3) is 0 Å². The normalized spacial score (nSPS) is 11.1. The molecule has 0 saturated heterocycles. The second-order valence-corrected chi connectivity index (χ2v) is 7.51. The van der Waals surface area contributed by atoms with E-state index in [1.54, 1.807) is 0 Å². The molecule has 0 aliphatic carbocycles. The Bertz CT molecular complexity index is 422. The van der Waals surface area contributed by atoms with Crippen molar-refractivity contribution in [1.29, 1.82) is 0 Å². The molecule has 1 aromatic carbocycles. The molecule has 1 heteroatoms. The van der Waals surface area contributed by atoms with Gasteiger partial charge in [0.1, 0.15) is 0 Å². The molecule has 0 saturated carbocycles. The zero-order valence-electron chi connectivity index (χ0n) is 15.7. The summed E-state index contributed by atoms with van der Waals surface area (Å²) in [6, 6.07) is 4.18. The highest BCUT2D eigenvalue weighted by Gasteiger charge is 2.06. The highest BCUT2D eigenvalue weighted by Crippen LogP contribution is 2.24. The molecule has 0 aliphatic rings. The van der Waals surface area contributed by atoms with Crippen LogP contribution in [-0.4, -0.2) is 0 Å². The van der Waals surface area contributed by atoms with Crippen LogP contribution in [0.15, 0.2) is 12.1 Å².